The predicted molar refractivity (Wildman–Crippen MR) is 43.5 cm³/mol. The smallest absolute Gasteiger partial charge is 0.325 e. The van der Waals surface area contributed by atoms with Gasteiger partial charge >= 0.3 is 5.97 Å². The van der Waals surface area contributed by atoms with Crippen molar-refractivity contribution in [1.82, 2.24) is 4.98 Å². The van der Waals surface area contributed by atoms with Crippen LogP contribution in [0.25, 0.3) is 0 Å². The molecule has 0 saturated heterocycles. The lowest BCUT2D eigenvalue weighted by Gasteiger charge is -2.06. The molecular weight excluding hydrogens is 170 g/mol. The Labute approximate surface area is 74.4 Å². The van der Waals surface area contributed by atoms with Gasteiger partial charge in [0, 0.05) is 18.0 Å². The van der Waals surface area contributed by atoms with Crippen LogP contribution in [0.5, 0.6) is 0 Å². The van der Waals surface area contributed by atoms with E-state index < -0.39 is 12.0 Å². The molecule has 0 amide bonds. The van der Waals surface area contributed by atoms with Crippen molar-refractivity contribution in [1.29, 1.82) is 5.26 Å². The summed E-state index contributed by atoms with van der Waals surface area (Å²) < 4.78 is 0. The van der Waals surface area contributed by atoms with Crippen molar-refractivity contribution in [3.05, 3.63) is 29.6 Å². The van der Waals surface area contributed by atoms with Gasteiger partial charge in [0.15, 0.2) is 0 Å². The van der Waals surface area contributed by atoms with E-state index in [9.17, 15) is 4.79 Å². The van der Waals surface area contributed by atoms with Crippen LogP contribution in [0.4, 0.5) is 0 Å². The molecule has 0 radical (unpaired) electrons. The second-order valence-electron chi connectivity index (χ2n) is 2.39. The van der Waals surface area contributed by atoms with E-state index in [-0.39, 0.29) is 11.1 Å². The molecule has 0 aromatic carbocycles. The fourth-order valence-electron chi connectivity index (χ4n) is 0.889. The number of pyridine rings is 1. The molecule has 0 aliphatic carbocycles. The van der Waals surface area contributed by atoms with E-state index in [1.807, 2.05) is 6.07 Å². The molecule has 1 aromatic rings. The average molecular weight is 177 g/mol. The first-order valence-electron chi connectivity index (χ1n) is 3.49. The number of hydrogen-bond acceptors (Lipinski definition) is 4. The van der Waals surface area contributed by atoms with Crippen molar-refractivity contribution in [2.75, 3.05) is 0 Å². The lowest BCUT2D eigenvalue weighted by atomic mass is 10.1. The maximum atomic E-state index is 10.5. The lowest BCUT2D eigenvalue weighted by molar-refractivity contribution is -0.138. The highest BCUT2D eigenvalue weighted by atomic mass is 16.4. The molecule has 0 spiro atoms. The zero-order chi connectivity index (χ0) is 9.84. The largest absolute Gasteiger partial charge is 0.480 e. The van der Waals surface area contributed by atoms with Crippen LogP contribution < -0.4 is 5.73 Å². The van der Waals surface area contributed by atoms with E-state index >= 15 is 0 Å². The van der Waals surface area contributed by atoms with Crippen molar-refractivity contribution in [3.8, 4) is 6.07 Å². The van der Waals surface area contributed by atoms with Crippen LogP contribution in [-0.4, -0.2) is 16.1 Å². The molecule has 3 N–H and O–H groups in total. The highest BCUT2D eigenvalue weighted by molar-refractivity contribution is 5.76. The number of carboxylic acids is 1. The summed E-state index contributed by atoms with van der Waals surface area (Å²) in [6.07, 6.45) is 2.70. The third-order valence-corrected chi connectivity index (χ3v) is 1.57. The molecule has 1 atom stereocenters. The third kappa shape index (κ3) is 1.80. The summed E-state index contributed by atoms with van der Waals surface area (Å²) in [5, 5.41) is 17.2. The molecule has 0 aliphatic heterocycles. The molecular formula is C8H7N3O2. The molecule has 1 rings (SSSR count). The fraction of sp³-hybridized carbons (Fsp3) is 0.125. The normalized spacial score (nSPS) is 11.7. The molecule has 1 aromatic heterocycles. The minimum atomic E-state index is -1.19. The summed E-state index contributed by atoms with van der Waals surface area (Å²) in [6, 6.07) is 2.09. The van der Waals surface area contributed by atoms with Gasteiger partial charge in [0.05, 0.1) is 11.6 Å². The van der Waals surface area contributed by atoms with Crippen LogP contribution in [0.15, 0.2) is 18.5 Å². The number of nitrogens with two attached hydrogens (primary N) is 1. The van der Waals surface area contributed by atoms with Crippen molar-refractivity contribution < 1.29 is 9.90 Å². The summed E-state index contributed by atoms with van der Waals surface area (Å²) in [7, 11) is 0. The van der Waals surface area contributed by atoms with Crippen molar-refractivity contribution in [2.24, 2.45) is 5.73 Å². The molecule has 5 nitrogen and oxygen atoms in total. The van der Waals surface area contributed by atoms with Gasteiger partial charge < -0.3 is 10.8 Å². The van der Waals surface area contributed by atoms with Crippen LogP contribution in [0, 0.1) is 11.3 Å². The number of nitrogens with zero attached hydrogens (tertiary/aromatic N) is 2. The number of aliphatic carboxylic acids is 1. The predicted octanol–water partition coefficient (Wildman–Crippen LogP) is 0.0377. The van der Waals surface area contributed by atoms with Gasteiger partial charge in [-0.05, 0) is 6.07 Å². The van der Waals surface area contributed by atoms with Gasteiger partial charge in [-0.2, -0.15) is 5.26 Å². The molecule has 0 fully saturated rings. The Morgan fingerprint density at radius 2 is 2.46 bits per heavy atom. The Kier molecular flexibility index (Phi) is 2.57. The first kappa shape index (κ1) is 9.16. The van der Waals surface area contributed by atoms with Gasteiger partial charge in [0.2, 0.25) is 0 Å². The number of nitriles is 1. The number of carboxylic acid groups (broad SMARTS) is 1. The summed E-state index contributed by atoms with van der Waals surface area (Å²) in [5.41, 5.74) is 5.80. The number of rotatable bonds is 2. The quantitative estimate of drug-likeness (QED) is 0.664. The van der Waals surface area contributed by atoms with Gasteiger partial charge in [-0.3, -0.25) is 9.78 Å². The van der Waals surface area contributed by atoms with Crippen LogP contribution in [0.3, 0.4) is 0 Å². The van der Waals surface area contributed by atoms with Crippen molar-refractivity contribution >= 4 is 5.97 Å². The minimum Gasteiger partial charge on any atom is -0.480 e. The van der Waals surface area contributed by atoms with Gasteiger partial charge in [0.1, 0.15) is 6.04 Å². The summed E-state index contributed by atoms with van der Waals surface area (Å²) in [5.74, 6) is -1.18. The van der Waals surface area contributed by atoms with Crippen molar-refractivity contribution in [2.45, 2.75) is 6.04 Å². The Morgan fingerprint density at radius 1 is 1.77 bits per heavy atom. The minimum absolute atomic E-state index is 0.234. The van der Waals surface area contributed by atoms with Gasteiger partial charge in [-0.1, -0.05) is 0 Å². The Bertz CT molecular complexity index is 370. The summed E-state index contributed by atoms with van der Waals surface area (Å²) in [4.78, 5) is 14.2. The molecule has 0 aliphatic rings. The molecule has 0 saturated carbocycles. The average Bonchev–Trinajstić information content (AvgIpc) is 2.16. The first-order valence-corrected chi connectivity index (χ1v) is 3.49. The monoisotopic (exact) mass is 177 g/mol. The molecule has 1 unspecified atom stereocenters. The summed E-state index contributed by atoms with van der Waals surface area (Å²) in [6.45, 7) is 0. The lowest BCUT2D eigenvalue weighted by Crippen LogP contribution is -2.21. The standard InChI is InChI=1S/C8H7N3O2/c9-3-5-1-2-11-4-6(5)7(10)8(12)13/h1-2,4,7H,10H2,(H,12,13). The molecule has 1 heterocycles. The van der Waals surface area contributed by atoms with Crippen LogP contribution in [0.2, 0.25) is 0 Å². The Hall–Kier alpha value is -1.93. The highest BCUT2D eigenvalue weighted by Crippen LogP contribution is 2.13. The maximum absolute atomic E-state index is 10.5. The maximum Gasteiger partial charge on any atom is 0.325 e. The van der Waals surface area contributed by atoms with Gasteiger partial charge in [0.25, 0.3) is 0 Å². The second-order valence-corrected chi connectivity index (χ2v) is 2.39. The number of aromatic nitrogens is 1. The van der Waals surface area contributed by atoms with Crippen LogP contribution in [-0.2, 0) is 4.79 Å². The SMILES string of the molecule is N#Cc1ccncc1C(N)C(=O)O. The van der Waals surface area contributed by atoms with Gasteiger partial charge in [-0.15, -0.1) is 0 Å². The van der Waals surface area contributed by atoms with E-state index in [1.165, 1.54) is 18.5 Å². The zero-order valence-electron chi connectivity index (χ0n) is 6.64. The Morgan fingerprint density at radius 3 is 3.00 bits per heavy atom. The molecule has 13 heavy (non-hydrogen) atoms. The van der Waals surface area contributed by atoms with Crippen molar-refractivity contribution in [3.63, 3.8) is 0 Å². The third-order valence-electron chi connectivity index (χ3n) is 1.57. The van der Waals surface area contributed by atoms with E-state index in [2.05, 4.69) is 4.98 Å². The van der Waals surface area contributed by atoms with Crippen LogP contribution in [0.1, 0.15) is 17.2 Å². The molecule has 66 valence electrons. The van der Waals surface area contributed by atoms with Crippen LogP contribution >= 0.6 is 0 Å². The zero-order valence-corrected chi connectivity index (χ0v) is 6.64. The van der Waals surface area contributed by atoms with E-state index in [1.54, 1.807) is 0 Å². The van der Waals surface area contributed by atoms with E-state index in [4.69, 9.17) is 16.1 Å². The molecule has 0 bridgehead atoms. The summed E-state index contributed by atoms with van der Waals surface area (Å²) >= 11 is 0. The molecule has 5 heteroatoms. The number of hydrogen-bond donors (Lipinski definition) is 2. The topological polar surface area (TPSA) is 100 Å². The first-order chi connectivity index (χ1) is 6.16. The second kappa shape index (κ2) is 3.65. The van der Waals surface area contributed by atoms with E-state index in [0.717, 1.165) is 0 Å². The highest BCUT2D eigenvalue weighted by Gasteiger charge is 2.17. The fourth-order valence-corrected chi connectivity index (χ4v) is 0.889. The number of carbonyl (C=O) groups is 1. The van der Waals surface area contributed by atoms with Gasteiger partial charge in [-0.25, -0.2) is 0 Å². The van der Waals surface area contributed by atoms with E-state index in [0.29, 0.717) is 0 Å². The Balaban J connectivity index is 3.15.